The van der Waals surface area contributed by atoms with E-state index in [9.17, 15) is 4.79 Å². The van der Waals surface area contributed by atoms with Gasteiger partial charge in [-0.25, -0.2) is 0 Å². The molecule has 1 amide bonds. The van der Waals surface area contributed by atoms with Gasteiger partial charge < -0.3 is 15.0 Å². The van der Waals surface area contributed by atoms with E-state index < -0.39 is 0 Å². The van der Waals surface area contributed by atoms with Gasteiger partial charge in [-0.1, -0.05) is 0 Å². The predicted molar refractivity (Wildman–Crippen MR) is 59.4 cm³/mol. The second kappa shape index (κ2) is 5.75. The number of hydrogen-bond acceptors (Lipinski definition) is 3. The Morgan fingerprint density at radius 3 is 2.93 bits per heavy atom. The number of hydrogen-bond donors (Lipinski definition) is 1. The molecule has 1 aliphatic rings. The molecule has 0 bridgehead atoms. The van der Waals surface area contributed by atoms with Gasteiger partial charge in [0.1, 0.15) is 6.10 Å². The minimum absolute atomic E-state index is 0.0985. The predicted octanol–water partition coefficient (Wildman–Crippen LogP) is 0.745. The van der Waals surface area contributed by atoms with Crippen molar-refractivity contribution in [3.05, 3.63) is 12.3 Å². The minimum atomic E-state index is -0.144. The molecule has 0 aromatic rings. The summed E-state index contributed by atoms with van der Waals surface area (Å²) in [6.07, 6.45) is 6.04. The van der Waals surface area contributed by atoms with E-state index >= 15 is 0 Å². The fourth-order valence-corrected chi connectivity index (χ4v) is 1.52. The van der Waals surface area contributed by atoms with E-state index in [-0.39, 0.29) is 18.1 Å². The number of allylic oxidation sites excluding steroid dienone is 1. The Labute approximate surface area is 91.3 Å². The summed E-state index contributed by atoms with van der Waals surface area (Å²) in [5.74, 6) is 0.0985. The minimum Gasteiger partial charge on any atom is -0.497 e. The molecule has 15 heavy (non-hydrogen) atoms. The Morgan fingerprint density at radius 2 is 2.40 bits per heavy atom. The van der Waals surface area contributed by atoms with Crippen LogP contribution in [0.4, 0.5) is 0 Å². The lowest BCUT2D eigenvalue weighted by atomic mass is 10.1. The van der Waals surface area contributed by atoms with Gasteiger partial charge in [-0.15, -0.1) is 0 Å². The number of rotatable bonds is 4. The van der Waals surface area contributed by atoms with E-state index in [1.54, 1.807) is 25.3 Å². The third kappa shape index (κ3) is 3.91. The van der Waals surface area contributed by atoms with Crippen LogP contribution in [-0.2, 0) is 9.53 Å². The number of carbonyl (C=O) groups is 1. The first-order valence-corrected chi connectivity index (χ1v) is 5.36. The Balaban J connectivity index is 2.24. The third-order valence-corrected chi connectivity index (χ3v) is 2.49. The number of ether oxygens (including phenoxy) is 1. The molecule has 2 atom stereocenters. The fraction of sp³-hybridized carbons (Fsp3) is 0.727. The average Bonchev–Trinajstić information content (AvgIpc) is 2.26. The molecule has 1 unspecified atom stereocenters. The monoisotopic (exact) mass is 212 g/mol. The first-order valence-electron chi connectivity index (χ1n) is 5.36. The number of carbonyl (C=O) groups excluding carboxylic acids is 1. The lowest BCUT2D eigenvalue weighted by molar-refractivity contribution is -0.130. The van der Waals surface area contributed by atoms with E-state index in [1.807, 2.05) is 13.0 Å². The zero-order valence-electron chi connectivity index (χ0n) is 9.69. The fourth-order valence-electron chi connectivity index (χ4n) is 1.52. The summed E-state index contributed by atoms with van der Waals surface area (Å²) in [5, 5.41) is 3.18. The third-order valence-electron chi connectivity index (χ3n) is 2.49. The molecule has 4 heteroatoms. The number of nitrogens with zero attached hydrogens (tertiary/aromatic N) is 1. The van der Waals surface area contributed by atoms with Crippen molar-refractivity contribution in [3.63, 3.8) is 0 Å². The van der Waals surface area contributed by atoms with Gasteiger partial charge >= 0.3 is 0 Å². The van der Waals surface area contributed by atoms with Gasteiger partial charge in [-0.2, -0.15) is 0 Å². The van der Waals surface area contributed by atoms with Crippen LogP contribution in [0.3, 0.4) is 0 Å². The molecule has 86 valence electrons. The molecule has 0 saturated heterocycles. The highest BCUT2D eigenvalue weighted by atomic mass is 16.5. The summed E-state index contributed by atoms with van der Waals surface area (Å²) < 4.78 is 5.40. The van der Waals surface area contributed by atoms with Crippen LogP contribution in [0.1, 0.15) is 19.8 Å². The van der Waals surface area contributed by atoms with Crippen LogP contribution in [0.25, 0.3) is 0 Å². The molecule has 1 N–H and O–H groups in total. The molecule has 0 aromatic heterocycles. The van der Waals surface area contributed by atoms with E-state index in [2.05, 4.69) is 5.32 Å². The van der Waals surface area contributed by atoms with E-state index in [1.165, 1.54) is 0 Å². The van der Waals surface area contributed by atoms with E-state index in [0.29, 0.717) is 0 Å². The Bertz CT molecular complexity index is 239. The molecular formula is C11H20N2O2. The van der Waals surface area contributed by atoms with Crippen LogP contribution < -0.4 is 5.32 Å². The van der Waals surface area contributed by atoms with Gasteiger partial charge in [0.25, 0.3) is 0 Å². The quantitative estimate of drug-likeness (QED) is 0.747. The number of likely N-dealkylation sites (N-methyl/N-ethyl adjacent to an activating group) is 1. The lowest BCUT2D eigenvalue weighted by Gasteiger charge is -2.23. The van der Waals surface area contributed by atoms with Gasteiger partial charge in [0, 0.05) is 20.6 Å². The largest absolute Gasteiger partial charge is 0.497 e. The highest BCUT2D eigenvalue weighted by Crippen LogP contribution is 2.09. The zero-order valence-corrected chi connectivity index (χ0v) is 9.69. The van der Waals surface area contributed by atoms with E-state index in [0.717, 1.165) is 19.4 Å². The van der Waals surface area contributed by atoms with Crippen molar-refractivity contribution >= 4 is 5.91 Å². The Morgan fingerprint density at radius 1 is 1.67 bits per heavy atom. The molecule has 0 fully saturated rings. The first-order chi connectivity index (χ1) is 7.11. The standard InChI is InChI=1S/C11H20N2O2/c1-9(11(14)13(2)3)12-8-10-6-4-5-7-15-10/h5,7,9-10,12H,4,6,8H2,1-3H3/t9-,10?/m0/s1. The van der Waals surface area contributed by atoms with Gasteiger partial charge in [0.05, 0.1) is 12.3 Å². The van der Waals surface area contributed by atoms with E-state index in [4.69, 9.17) is 4.74 Å². The summed E-state index contributed by atoms with van der Waals surface area (Å²) in [4.78, 5) is 13.1. The SMILES string of the molecule is C[C@H](NCC1CCC=CO1)C(=O)N(C)C. The van der Waals surface area contributed by atoms with Crippen LogP contribution >= 0.6 is 0 Å². The molecule has 0 spiro atoms. The van der Waals surface area contributed by atoms with Crippen LogP contribution in [0.15, 0.2) is 12.3 Å². The van der Waals surface area contributed by atoms with Crippen LogP contribution in [0.2, 0.25) is 0 Å². The maximum Gasteiger partial charge on any atom is 0.238 e. The molecule has 1 aliphatic heterocycles. The second-order valence-corrected chi connectivity index (χ2v) is 4.07. The molecule has 0 saturated carbocycles. The smallest absolute Gasteiger partial charge is 0.238 e. The molecule has 1 rings (SSSR count). The Kier molecular flexibility index (Phi) is 4.62. The number of nitrogens with one attached hydrogen (secondary N) is 1. The van der Waals surface area contributed by atoms with Crippen molar-refractivity contribution in [3.8, 4) is 0 Å². The maximum atomic E-state index is 11.5. The normalized spacial score (nSPS) is 21.9. The summed E-state index contributed by atoms with van der Waals surface area (Å²) in [6.45, 7) is 2.60. The second-order valence-electron chi connectivity index (χ2n) is 4.07. The topological polar surface area (TPSA) is 41.6 Å². The molecule has 1 heterocycles. The zero-order chi connectivity index (χ0) is 11.3. The molecule has 4 nitrogen and oxygen atoms in total. The van der Waals surface area contributed by atoms with Gasteiger partial charge in [0.2, 0.25) is 5.91 Å². The first kappa shape index (κ1) is 12.0. The van der Waals surface area contributed by atoms with Crippen molar-refractivity contribution in [1.82, 2.24) is 10.2 Å². The molecule has 0 aromatic carbocycles. The van der Waals surface area contributed by atoms with Crippen molar-refractivity contribution in [1.29, 1.82) is 0 Å². The average molecular weight is 212 g/mol. The summed E-state index contributed by atoms with van der Waals surface area (Å²) in [5.41, 5.74) is 0. The Hall–Kier alpha value is -1.03. The van der Waals surface area contributed by atoms with Crippen LogP contribution in [0.5, 0.6) is 0 Å². The lowest BCUT2D eigenvalue weighted by Crippen LogP contribution is -2.44. The van der Waals surface area contributed by atoms with Gasteiger partial charge in [0.15, 0.2) is 0 Å². The highest BCUT2D eigenvalue weighted by Gasteiger charge is 2.17. The molecular weight excluding hydrogens is 192 g/mol. The van der Waals surface area contributed by atoms with Crippen molar-refractivity contribution in [2.45, 2.75) is 31.9 Å². The van der Waals surface area contributed by atoms with Crippen molar-refractivity contribution < 1.29 is 9.53 Å². The van der Waals surface area contributed by atoms with Crippen molar-refractivity contribution in [2.24, 2.45) is 0 Å². The maximum absolute atomic E-state index is 11.5. The summed E-state index contributed by atoms with van der Waals surface area (Å²) >= 11 is 0. The van der Waals surface area contributed by atoms with Crippen LogP contribution in [-0.4, -0.2) is 43.6 Å². The number of amides is 1. The van der Waals surface area contributed by atoms with Gasteiger partial charge in [-0.05, 0) is 25.8 Å². The molecule has 0 aliphatic carbocycles. The summed E-state index contributed by atoms with van der Waals surface area (Å²) in [6, 6.07) is -0.144. The highest BCUT2D eigenvalue weighted by molar-refractivity contribution is 5.80. The van der Waals surface area contributed by atoms with Crippen LogP contribution in [0, 0.1) is 0 Å². The molecule has 0 radical (unpaired) electrons. The summed E-state index contributed by atoms with van der Waals surface area (Å²) in [7, 11) is 3.53. The van der Waals surface area contributed by atoms with Gasteiger partial charge in [-0.3, -0.25) is 4.79 Å². The van der Waals surface area contributed by atoms with Crippen molar-refractivity contribution in [2.75, 3.05) is 20.6 Å².